The zero-order valence-corrected chi connectivity index (χ0v) is 13.0. The van der Waals surface area contributed by atoms with Crippen molar-refractivity contribution in [3.8, 4) is 11.5 Å². The van der Waals surface area contributed by atoms with Gasteiger partial charge in [-0.1, -0.05) is 11.6 Å². The van der Waals surface area contributed by atoms with Gasteiger partial charge in [0, 0.05) is 42.9 Å². The molecule has 4 rings (SSSR count). The Morgan fingerprint density at radius 3 is 2.87 bits per heavy atom. The highest BCUT2D eigenvalue weighted by Crippen LogP contribution is 2.38. The predicted octanol–water partition coefficient (Wildman–Crippen LogP) is 1.73. The molecule has 0 atom stereocenters. The molecular weight excluding hydrogens is 320 g/mol. The summed E-state index contributed by atoms with van der Waals surface area (Å²) in [4.78, 5) is 12.5. The van der Waals surface area contributed by atoms with Gasteiger partial charge in [-0.3, -0.25) is 9.89 Å². The van der Waals surface area contributed by atoms with Gasteiger partial charge < -0.3 is 20.1 Å². The second-order valence-corrected chi connectivity index (χ2v) is 5.79. The summed E-state index contributed by atoms with van der Waals surface area (Å²) in [5.74, 6) is 0.854. The van der Waals surface area contributed by atoms with Gasteiger partial charge in [0.2, 0.25) is 0 Å². The Balaban J connectivity index is 1.60. The van der Waals surface area contributed by atoms with E-state index in [0.717, 1.165) is 24.2 Å². The molecule has 2 aliphatic heterocycles. The van der Waals surface area contributed by atoms with Crippen LogP contribution in [0.4, 0.5) is 5.69 Å². The fourth-order valence-corrected chi connectivity index (χ4v) is 2.96. The molecule has 2 aliphatic rings. The molecule has 8 heteroatoms. The first-order valence-corrected chi connectivity index (χ1v) is 7.77. The van der Waals surface area contributed by atoms with E-state index in [1.54, 1.807) is 12.1 Å². The summed E-state index contributed by atoms with van der Waals surface area (Å²) in [6, 6.07) is 3.32. The number of rotatable bonds is 2. The van der Waals surface area contributed by atoms with Gasteiger partial charge in [0.1, 0.15) is 13.2 Å². The molecule has 0 saturated carbocycles. The summed E-state index contributed by atoms with van der Waals surface area (Å²) in [5, 5.41) is 13.5. The number of aromatic nitrogens is 2. The van der Waals surface area contributed by atoms with E-state index in [9.17, 15) is 4.79 Å². The van der Waals surface area contributed by atoms with Crippen LogP contribution in [0, 0.1) is 0 Å². The van der Waals surface area contributed by atoms with Crippen molar-refractivity contribution < 1.29 is 14.3 Å². The summed E-state index contributed by atoms with van der Waals surface area (Å²) in [6.07, 6.45) is 0.834. The smallest absolute Gasteiger partial charge is 0.276 e. The Morgan fingerprint density at radius 2 is 2.04 bits per heavy atom. The quantitative estimate of drug-likeness (QED) is 0.778. The van der Waals surface area contributed by atoms with Crippen LogP contribution in [0.15, 0.2) is 12.1 Å². The molecule has 0 aliphatic carbocycles. The van der Waals surface area contributed by atoms with E-state index >= 15 is 0 Å². The fraction of sp³-hybridized carbons (Fsp3) is 0.333. The van der Waals surface area contributed by atoms with Crippen molar-refractivity contribution in [1.29, 1.82) is 0 Å². The molecule has 120 valence electrons. The van der Waals surface area contributed by atoms with Crippen LogP contribution >= 0.6 is 11.6 Å². The first kappa shape index (κ1) is 14.3. The summed E-state index contributed by atoms with van der Waals surface area (Å²) in [7, 11) is 0. The lowest BCUT2D eigenvalue weighted by Crippen LogP contribution is -2.25. The lowest BCUT2D eigenvalue weighted by Gasteiger charge is -2.20. The van der Waals surface area contributed by atoms with E-state index in [1.807, 2.05) is 0 Å². The minimum atomic E-state index is -0.301. The highest BCUT2D eigenvalue weighted by atomic mass is 35.5. The molecule has 0 unspecified atom stereocenters. The fourth-order valence-electron chi connectivity index (χ4n) is 2.75. The normalized spacial score (nSPS) is 15.9. The van der Waals surface area contributed by atoms with E-state index in [4.69, 9.17) is 21.1 Å². The summed E-state index contributed by atoms with van der Waals surface area (Å²) >= 11 is 6.22. The minimum Gasteiger partial charge on any atom is -0.486 e. The highest BCUT2D eigenvalue weighted by molar-refractivity contribution is 6.34. The number of nitrogens with one attached hydrogen (secondary N) is 3. The van der Waals surface area contributed by atoms with E-state index in [-0.39, 0.29) is 5.91 Å². The van der Waals surface area contributed by atoms with Crippen molar-refractivity contribution in [2.24, 2.45) is 0 Å². The number of ether oxygens (including phenoxy) is 2. The van der Waals surface area contributed by atoms with E-state index in [1.165, 1.54) is 0 Å². The van der Waals surface area contributed by atoms with Crippen LogP contribution in [-0.2, 0) is 13.0 Å². The molecular formula is C15H15ClN4O3. The monoisotopic (exact) mass is 334 g/mol. The summed E-state index contributed by atoms with van der Waals surface area (Å²) in [6.45, 7) is 2.47. The molecule has 0 radical (unpaired) electrons. The number of nitrogens with zero attached hydrogens (tertiary/aromatic N) is 1. The first-order chi connectivity index (χ1) is 11.2. The van der Waals surface area contributed by atoms with E-state index < -0.39 is 0 Å². The molecule has 2 aromatic rings. The molecule has 0 fully saturated rings. The molecule has 3 heterocycles. The summed E-state index contributed by atoms with van der Waals surface area (Å²) in [5.41, 5.74) is 2.77. The predicted molar refractivity (Wildman–Crippen MR) is 84.4 cm³/mol. The molecule has 1 aromatic heterocycles. The molecule has 1 amide bonds. The van der Waals surface area contributed by atoms with Gasteiger partial charge in [-0.15, -0.1) is 0 Å². The zero-order valence-electron chi connectivity index (χ0n) is 12.2. The maximum Gasteiger partial charge on any atom is 0.276 e. The van der Waals surface area contributed by atoms with Crippen LogP contribution in [-0.4, -0.2) is 35.9 Å². The number of carbonyl (C=O) groups is 1. The number of H-pyrrole nitrogens is 1. The van der Waals surface area contributed by atoms with Crippen LogP contribution in [0.3, 0.4) is 0 Å². The SMILES string of the molecule is O=C(Nc1cc2c(cc1Cl)OCCO2)c1n[nH]c2c1CNCC2. The second-order valence-electron chi connectivity index (χ2n) is 5.39. The molecule has 0 saturated heterocycles. The average Bonchev–Trinajstić information content (AvgIpc) is 2.99. The molecule has 3 N–H and O–H groups in total. The van der Waals surface area contributed by atoms with E-state index in [0.29, 0.717) is 47.7 Å². The van der Waals surface area contributed by atoms with Crippen molar-refractivity contribution in [3.63, 3.8) is 0 Å². The highest BCUT2D eigenvalue weighted by Gasteiger charge is 2.23. The lowest BCUT2D eigenvalue weighted by atomic mass is 10.1. The van der Waals surface area contributed by atoms with Crippen molar-refractivity contribution in [2.45, 2.75) is 13.0 Å². The molecule has 1 aromatic carbocycles. The largest absolute Gasteiger partial charge is 0.486 e. The van der Waals surface area contributed by atoms with Crippen LogP contribution in [0.2, 0.25) is 5.02 Å². The molecule has 23 heavy (non-hydrogen) atoms. The third-order valence-corrected chi connectivity index (χ3v) is 4.21. The average molecular weight is 335 g/mol. The van der Waals surface area contributed by atoms with Gasteiger partial charge in [0.25, 0.3) is 5.91 Å². The minimum absolute atomic E-state index is 0.301. The number of amides is 1. The Kier molecular flexibility index (Phi) is 3.59. The number of aromatic amines is 1. The first-order valence-electron chi connectivity index (χ1n) is 7.39. The molecule has 0 bridgehead atoms. The topological polar surface area (TPSA) is 88.3 Å². The van der Waals surface area contributed by atoms with Gasteiger partial charge in [0.15, 0.2) is 17.2 Å². The lowest BCUT2D eigenvalue weighted by molar-refractivity contribution is 0.102. The van der Waals surface area contributed by atoms with Gasteiger partial charge in [-0.2, -0.15) is 5.10 Å². The molecule has 7 nitrogen and oxygen atoms in total. The number of hydrogen-bond donors (Lipinski definition) is 3. The maximum atomic E-state index is 12.5. The number of halogens is 1. The van der Waals surface area contributed by atoms with Crippen LogP contribution in [0.25, 0.3) is 0 Å². The summed E-state index contributed by atoms with van der Waals surface area (Å²) < 4.78 is 11.0. The second kappa shape index (κ2) is 5.75. The number of hydrogen-bond acceptors (Lipinski definition) is 5. The van der Waals surface area contributed by atoms with Crippen molar-refractivity contribution in [2.75, 3.05) is 25.1 Å². The molecule has 0 spiro atoms. The third kappa shape index (κ3) is 2.62. The Labute approximate surface area is 137 Å². The van der Waals surface area contributed by atoms with Gasteiger partial charge >= 0.3 is 0 Å². The van der Waals surface area contributed by atoms with Crippen molar-refractivity contribution in [1.82, 2.24) is 15.5 Å². The number of benzene rings is 1. The van der Waals surface area contributed by atoms with Crippen molar-refractivity contribution >= 4 is 23.2 Å². The maximum absolute atomic E-state index is 12.5. The Hall–Kier alpha value is -2.25. The Morgan fingerprint density at radius 1 is 1.26 bits per heavy atom. The number of carbonyl (C=O) groups excluding carboxylic acids is 1. The van der Waals surface area contributed by atoms with Crippen LogP contribution in [0.1, 0.15) is 21.7 Å². The number of anilines is 1. The van der Waals surface area contributed by atoms with Gasteiger partial charge in [0.05, 0.1) is 10.7 Å². The van der Waals surface area contributed by atoms with Crippen LogP contribution in [0.5, 0.6) is 11.5 Å². The third-order valence-electron chi connectivity index (χ3n) is 3.90. The standard InChI is InChI=1S/C15H15ClN4O3/c16-9-5-12-13(23-4-3-22-12)6-11(9)18-15(21)14-8-7-17-2-1-10(8)19-20-14/h5-6,17H,1-4,7H2,(H,18,21)(H,19,20). The van der Waals surface area contributed by atoms with Gasteiger partial charge in [-0.25, -0.2) is 0 Å². The van der Waals surface area contributed by atoms with Gasteiger partial charge in [-0.05, 0) is 0 Å². The van der Waals surface area contributed by atoms with E-state index in [2.05, 4.69) is 20.8 Å². The zero-order chi connectivity index (χ0) is 15.8. The Bertz CT molecular complexity index is 774. The van der Waals surface area contributed by atoms with Crippen molar-refractivity contribution in [3.05, 3.63) is 34.1 Å². The van der Waals surface area contributed by atoms with Crippen LogP contribution < -0.4 is 20.1 Å². The number of fused-ring (bicyclic) bond motifs is 2.